The van der Waals surface area contributed by atoms with Gasteiger partial charge in [-0.1, -0.05) is 20.8 Å². The Hall–Kier alpha value is -0.110. The van der Waals surface area contributed by atoms with Gasteiger partial charge in [0.2, 0.25) is 0 Å². The Morgan fingerprint density at radius 1 is 1.40 bits per heavy atom. The lowest BCUT2D eigenvalue weighted by Gasteiger charge is -2.30. The van der Waals surface area contributed by atoms with E-state index in [-0.39, 0.29) is 11.8 Å². The molecule has 0 amide bonds. The van der Waals surface area contributed by atoms with Crippen molar-refractivity contribution < 1.29 is 4.39 Å². The molecule has 2 heteroatoms. The van der Waals surface area contributed by atoms with Gasteiger partial charge in [0.05, 0.1) is 0 Å². The maximum atomic E-state index is 13.5. The number of alkyl halides is 1. The normalized spacial score (nSPS) is 20.7. The Balaban J connectivity index is 4.09. The lowest BCUT2D eigenvalue weighted by molar-refractivity contribution is 0.0628. The second kappa shape index (κ2) is 3.33. The SMILES string of the molecule is CC(C)C(C)(F)C(C)CN. The number of rotatable bonds is 3. The average molecular weight is 147 g/mol. The maximum absolute atomic E-state index is 13.5. The van der Waals surface area contributed by atoms with Gasteiger partial charge in [-0.25, -0.2) is 4.39 Å². The van der Waals surface area contributed by atoms with Gasteiger partial charge >= 0.3 is 0 Å². The van der Waals surface area contributed by atoms with Crippen molar-refractivity contribution in [2.24, 2.45) is 17.6 Å². The molecule has 0 saturated carbocycles. The van der Waals surface area contributed by atoms with Crippen molar-refractivity contribution in [3.05, 3.63) is 0 Å². The Morgan fingerprint density at radius 3 is 1.90 bits per heavy atom. The molecule has 2 unspecified atom stereocenters. The standard InChI is InChI=1S/C8H18FN/c1-6(2)8(4,9)7(3)5-10/h6-7H,5,10H2,1-4H3. The molecule has 0 radical (unpaired) electrons. The molecule has 0 heterocycles. The summed E-state index contributed by atoms with van der Waals surface area (Å²) in [5, 5.41) is 0. The predicted molar refractivity (Wildman–Crippen MR) is 42.6 cm³/mol. The Bertz CT molecular complexity index is 99.4. The fraction of sp³-hybridized carbons (Fsp3) is 1.00. The van der Waals surface area contributed by atoms with Crippen LogP contribution in [0.5, 0.6) is 0 Å². The molecule has 0 aliphatic carbocycles. The summed E-state index contributed by atoms with van der Waals surface area (Å²) in [4.78, 5) is 0. The van der Waals surface area contributed by atoms with Crippen LogP contribution < -0.4 is 5.73 Å². The molecule has 0 saturated heterocycles. The van der Waals surface area contributed by atoms with Crippen LogP contribution in [0.4, 0.5) is 4.39 Å². The fourth-order valence-corrected chi connectivity index (χ4v) is 0.799. The van der Waals surface area contributed by atoms with E-state index in [0.717, 1.165) is 0 Å². The van der Waals surface area contributed by atoms with Crippen LogP contribution in [0.3, 0.4) is 0 Å². The molecule has 0 aromatic heterocycles. The summed E-state index contributed by atoms with van der Waals surface area (Å²) in [7, 11) is 0. The van der Waals surface area contributed by atoms with E-state index < -0.39 is 5.67 Å². The first-order valence-electron chi connectivity index (χ1n) is 3.81. The lowest BCUT2D eigenvalue weighted by atomic mass is 9.83. The fourth-order valence-electron chi connectivity index (χ4n) is 0.799. The third kappa shape index (κ3) is 1.94. The molecule has 0 bridgehead atoms. The molecular weight excluding hydrogens is 129 g/mol. The largest absolute Gasteiger partial charge is 0.330 e. The van der Waals surface area contributed by atoms with Crippen LogP contribution in [-0.4, -0.2) is 12.2 Å². The quantitative estimate of drug-likeness (QED) is 0.649. The topological polar surface area (TPSA) is 26.0 Å². The number of hydrogen-bond donors (Lipinski definition) is 1. The minimum absolute atomic E-state index is 0.0473. The van der Waals surface area contributed by atoms with Gasteiger partial charge in [0.25, 0.3) is 0 Å². The molecule has 2 atom stereocenters. The van der Waals surface area contributed by atoms with Crippen molar-refractivity contribution in [1.29, 1.82) is 0 Å². The van der Waals surface area contributed by atoms with Crippen LogP contribution in [0.15, 0.2) is 0 Å². The second-order valence-corrected chi connectivity index (χ2v) is 3.44. The Morgan fingerprint density at radius 2 is 1.80 bits per heavy atom. The van der Waals surface area contributed by atoms with E-state index in [0.29, 0.717) is 6.54 Å². The molecule has 0 aliphatic rings. The highest BCUT2D eigenvalue weighted by Gasteiger charge is 2.33. The summed E-state index contributed by atoms with van der Waals surface area (Å²) in [6.45, 7) is 7.65. The summed E-state index contributed by atoms with van der Waals surface area (Å²) >= 11 is 0. The molecular formula is C8H18FN. The first-order chi connectivity index (χ1) is 4.42. The maximum Gasteiger partial charge on any atom is 0.114 e. The van der Waals surface area contributed by atoms with Gasteiger partial charge in [-0.05, 0) is 19.4 Å². The van der Waals surface area contributed by atoms with Crippen LogP contribution in [0.25, 0.3) is 0 Å². The molecule has 0 aromatic carbocycles. The zero-order chi connectivity index (χ0) is 8.36. The van der Waals surface area contributed by atoms with E-state index in [4.69, 9.17) is 5.73 Å². The van der Waals surface area contributed by atoms with Crippen molar-refractivity contribution in [1.82, 2.24) is 0 Å². The molecule has 1 nitrogen and oxygen atoms in total. The Kier molecular flexibility index (Phi) is 3.29. The van der Waals surface area contributed by atoms with E-state index in [1.165, 1.54) is 0 Å². The molecule has 0 aliphatic heterocycles. The smallest absolute Gasteiger partial charge is 0.114 e. The first-order valence-corrected chi connectivity index (χ1v) is 3.81. The second-order valence-electron chi connectivity index (χ2n) is 3.44. The number of halogens is 1. The summed E-state index contributed by atoms with van der Waals surface area (Å²) in [5.41, 5.74) is 4.24. The number of nitrogens with two attached hydrogens (primary N) is 1. The van der Waals surface area contributed by atoms with Crippen LogP contribution in [0.1, 0.15) is 27.7 Å². The highest BCUT2D eigenvalue weighted by molar-refractivity contribution is 4.83. The van der Waals surface area contributed by atoms with Crippen LogP contribution in [0, 0.1) is 11.8 Å². The van der Waals surface area contributed by atoms with Crippen LogP contribution in [0.2, 0.25) is 0 Å². The van der Waals surface area contributed by atoms with Crippen molar-refractivity contribution in [3.8, 4) is 0 Å². The zero-order valence-electron chi connectivity index (χ0n) is 7.32. The summed E-state index contributed by atoms with van der Waals surface area (Å²) in [6, 6.07) is 0. The first kappa shape index (κ1) is 9.89. The summed E-state index contributed by atoms with van der Waals surface area (Å²) in [6.07, 6.45) is 0. The van der Waals surface area contributed by atoms with Crippen LogP contribution in [-0.2, 0) is 0 Å². The molecule has 0 spiro atoms. The molecule has 0 fully saturated rings. The van der Waals surface area contributed by atoms with Gasteiger partial charge in [0.1, 0.15) is 5.67 Å². The minimum Gasteiger partial charge on any atom is -0.330 e. The molecule has 0 aromatic rings. The lowest BCUT2D eigenvalue weighted by Crippen LogP contribution is -2.37. The van der Waals surface area contributed by atoms with Gasteiger partial charge in [-0.3, -0.25) is 0 Å². The molecule has 0 rings (SSSR count). The van der Waals surface area contributed by atoms with Crippen molar-refractivity contribution >= 4 is 0 Å². The van der Waals surface area contributed by atoms with Gasteiger partial charge < -0.3 is 5.73 Å². The minimum atomic E-state index is -1.12. The number of hydrogen-bond acceptors (Lipinski definition) is 1. The van der Waals surface area contributed by atoms with E-state index in [2.05, 4.69) is 0 Å². The van der Waals surface area contributed by atoms with Gasteiger partial charge in [-0.15, -0.1) is 0 Å². The average Bonchev–Trinajstić information content (AvgIpc) is 1.86. The molecule has 2 N–H and O–H groups in total. The van der Waals surface area contributed by atoms with E-state index in [1.807, 2.05) is 20.8 Å². The van der Waals surface area contributed by atoms with Gasteiger partial charge in [-0.2, -0.15) is 0 Å². The van der Waals surface area contributed by atoms with Gasteiger partial charge in [0.15, 0.2) is 0 Å². The third-order valence-corrected chi connectivity index (χ3v) is 2.45. The van der Waals surface area contributed by atoms with Crippen molar-refractivity contribution in [2.45, 2.75) is 33.4 Å². The van der Waals surface area contributed by atoms with Crippen molar-refractivity contribution in [2.75, 3.05) is 6.54 Å². The van der Waals surface area contributed by atoms with Gasteiger partial charge in [0, 0.05) is 5.92 Å². The predicted octanol–water partition coefficient (Wildman–Crippen LogP) is 1.97. The Labute approximate surface area is 62.8 Å². The van der Waals surface area contributed by atoms with E-state index >= 15 is 0 Å². The van der Waals surface area contributed by atoms with Crippen LogP contribution >= 0.6 is 0 Å². The monoisotopic (exact) mass is 147 g/mol. The van der Waals surface area contributed by atoms with E-state index in [1.54, 1.807) is 6.92 Å². The summed E-state index contributed by atoms with van der Waals surface area (Å²) < 4.78 is 13.5. The van der Waals surface area contributed by atoms with E-state index in [9.17, 15) is 4.39 Å². The zero-order valence-corrected chi connectivity index (χ0v) is 7.32. The highest BCUT2D eigenvalue weighted by Crippen LogP contribution is 2.29. The van der Waals surface area contributed by atoms with Crippen molar-refractivity contribution in [3.63, 3.8) is 0 Å². The molecule has 62 valence electrons. The summed E-state index contributed by atoms with van der Waals surface area (Å²) in [5.74, 6) is -0.00134. The molecule has 10 heavy (non-hydrogen) atoms. The highest BCUT2D eigenvalue weighted by atomic mass is 19.1. The third-order valence-electron chi connectivity index (χ3n) is 2.45.